The van der Waals surface area contributed by atoms with E-state index in [0.717, 1.165) is 12.8 Å². The van der Waals surface area contributed by atoms with E-state index in [2.05, 4.69) is 89.2 Å². The third-order valence-electron chi connectivity index (χ3n) is 4.96. The summed E-state index contributed by atoms with van der Waals surface area (Å²) >= 11 is 0. The maximum absolute atomic E-state index is 10.6. The van der Waals surface area contributed by atoms with Crippen LogP contribution in [-0.4, -0.2) is 26.1 Å². The Hall–Kier alpha value is -1.68. The van der Waals surface area contributed by atoms with E-state index in [1.54, 1.807) is 0 Å². The highest BCUT2D eigenvalue weighted by atomic mass is 28.4. The van der Waals surface area contributed by atoms with Crippen molar-refractivity contribution in [3.63, 3.8) is 0 Å². The van der Waals surface area contributed by atoms with Gasteiger partial charge in [-0.25, -0.2) is 0 Å². The molecule has 0 aromatic heterocycles. The van der Waals surface area contributed by atoms with E-state index >= 15 is 0 Å². The molecule has 2 aromatic carbocycles. The predicted molar refractivity (Wildman–Crippen MR) is 118 cm³/mol. The van der Waals surface area contributed by atoms with Crippen LogP contribution in [0.3, 0.4) is 0 Å². The van der Waals surface area contributed by atoms with Gasteiger partial charge < -0.3 is 9.53 Å². The number of benzene rings is 2. The van der Waals surface area contributed by atoms with Crippen LogP contribution < -0.4 is 10.4 Å². The predicted octanol–water partition coefficient (Wildman–Crippen LogP) is 4.67. The summed E-state index contributed by atoms with van der Waals surface area (Å²) in [5.74, 6) is 0. The third-order valence-corrected chi connectivity index (χ3v) is 9.97. The first kappa shape index (κ1) is 21.6. The summed E-state index contributed by atoms with van der Waals surface area (Å²) in [5, 5.41) is 13.0. The number of hydrogen-bond donors (Lipinski definition) is 1. The average Bonchev–Trinajstić information content (AvgIpc) is 2.62. The highest BCUT2D eigenvalue weighted by Crippen LogP contribution is 2.36. The SMILES string of the molecule is CC(C)=CCCC(O)CO[Si](c1ccccc1)(c1ccccc1)C(C)(C)C. The maximum Gasteiger partial charge on any atom is 0.261 e. The number of aliphatic hydroxyl groups excluding tert-OH is 1. The lowest BCUT2D eigenvalue weighted by molar-refractivity contribution is 0.0959. The second kappa shape index (κ2) is 9.49. The van der Waals surface area contributed by atoms with Crippen molar-refractivity contribution in [1.82, 2.24) is 0 Å². The van der Waals surface area contributed by atoms with Gasteiger partial charge in [0.05, 0.1) is 12.7 Å². The van der Waals surface area contributed by atoms with Crippen LogP contribution in [0.25, 0.3) is 0 Å². The molecule has 1 unspecified atom stereocenters. The molecule has 0 fully saturated rings. The minimum Gasteiger partial charge on any atom is -0.405 e. The molecule has 0 radical (unpaired) electrons. The van der Waals surface area contributed by atoms with Gasteiger partial charge in [0.25, 0.3) is 8.32 Å². The first-order valence-corrected chi connectivity index (χ1v) is 11.7. The third kappa shape index (κ3) is 5.41. The molecule has 2 aromatic rings. The van der Waals surface area contributed by atoms with E-state index in [1.807, 2.05) is 12.1 Å². The van der Waals surface area contributed by atoms with E-state index in [1.165, 1.54) is 15.9 Å². The van der Waals surface area contributed by atoms with Gasteiger partial charge in [-0.2, -0.15) is 0 Å². The van der Waals surface area contributed by atoms with E-state index in [4.69, 9.17) is 4.43 Å². The van der Waals surface area contributed by atoms with Crippen molar-refractivity contribution in [1.29, 1.82) is 0 Å². The summed E-state index contributed by atoms with van der Waals surface area (Å²) in [7, 11) is -2.55. The summed E-state index contributed by atoms with van der Waals surface area (Å²) in [6.07, 6.45) is 3.32. The van der Waals surface area contributed by atoms with Gasteiger partial charge in [0.15, 0.2) is 0 Å². The Morgan fingerprint density at radius 2 is 1.44 bits per heavy atom. The molecule has 0 spiro atoms. The van der Waals surface area contributed by atoms with Gasteiger partial charge in [-0.05, 0) is 42.1 Å². The molecular formula is C24H34O2Si. The molecule has 3 heteroatoms. The van der Waals surface area contributed by atoms with Crippen LogP contribution in [-0.2, 0) is 4.43 Å². The standard InChI is InChI=1S/C24H34O2Si/c1-20(2)13-12-14-21(25)19-26-27(24(3,4)5,22-15-8-6-9-16-22)23-17-10-7-11-18-23/h6-11,13,15-18,21,25H,12,14,19H2,1-5H3. The number of allylic oxidation sites excluding steroid dienone is 2. The zero-order chi connectivity index (χ0) is 19.9. The van der Waals surface area contributed by atoms with Crippen molar-refractivity contribution in [2.75, 3.05) is 6.61 Å². The van der Waals surface area contributed by atoms with Crippen LogP contribution >= 0.6 is 0 Å². The molecule has 0 aliphatic heterocycles. The smallest absolute Gasteiger partial charge is 0.261 e. The Morgan fingerprint density at radius 3 is 1.85 bits per heavy atom. The second-order valence-corrected chi connectivity index (χ2v) is 12.8. The summed E-state index contributed by atoms with van der Waals surface area (Å²) < 4.78 is 6.75. The fraction of sp³-hybridized carbons (Fsp3) is 0.417. The first-order valence-electron chi connectivity index (χ1n) is 9.84. The topological polar surface area (TPSA) is 29.5 Å². The fourth-order valence-electron chi connectivity index (χ4n) is 3.63. The minimum absolute atomic E-state index is 0.0602. The molecule has 0 heterocycles. The molecule has 1 atom stereocenters. The van der Waals surface area contributed by atoms with Crippen LogP contribution in [0.4, 0.5) is 0 Å². The highest BCUT2D eigenvalue weighted by Gasteiger charge is 2.50. The largest absolute Gasteiger partial charge is 0.405 e. The zero-order valence-electron chi connectivity index (χ0n) is 17.4. The van der Waals surface area contributed by atoms with Gasteiger partial charge in [0.2, 0.25) is 0 Å². The fourth-order valence-corrected chi connectivity index (χ4v) is 8.23. The number of rotatable bonds is 8. The molecule has 0 bridgehead atoms. The van der Waals surface area contributed by atoms with Crippen molar-refractivity contribution in [2.24, 2.45) is 0 Å². The lowest BCUT2D eigenvalue weighted by Crippen LogP contribution is -2.67. The van der Waals surface area contributed by atoms with Gasteiger partial charge >= 0.3 is 0 Å². The second-order valence-electron chi connectivity index (χ2n) is 8.49. The van der Waals surface area contributed by atoms with Gasteiger partial charge in [-0.3, -0.25) is 0 Å². The van der Waals surface area contributed by atoms with E-state index < -0.39 is 14.4 Å². The Kier molecular flexibility index (Phi) is 7.60. The minimum atomic E-state index is -2.55. The molecule has 27 heavy (non-hydrogen) atoms. The Balaban J connectivity index is 2.36. The molecule has 0 amide bonds. The van der Waals surface area contributed by atoms with Gasteiger partial charge in [-0.1, -0.05) is 93.1 Å². The summed E-state index contributed by atoms with van der Waals surface area (Å²) in [5.41, 5.74) is 1.29. The molecule has 0 saturated heterocycles. The first-order chi connectivity index (χ1) is 12.8. The lowest BCUT2D eigenvalue weighted by Gasteiger charge is -2.43. The molecule has 0 saturated carbocycles. The lowest BCUT2D eigenvalue weighted by atomic mass is 10.1. The monoisotopic (exact) mass is 382 g/mol. The summed E-state index contributed by atoms with van der Waals surface area (Å²) in [6, 6.07) is 21.1. The molecular weight excluding hydrogens is 348 g/mol. The van der Waals surface area contributed by atoms with Gasteiger partial charge in [0.1, 0.15) is 0 Å². The van der Waals surface area contributed by atoms with Crippen molar-refractivity contribution in [3.05, 3.63) is 72.3 Å². The van der Waals surface area contributed by atoms with Crippen LogP contribution in [0.15, 0.2) is 72.3 Å². The molecule has 0 aliphatic carbocycles. The molecule has 2 rings (SSSR count). The highest BCUT2D eigenvalue weighted by molar-refractivity contribution is 6.99. The van der Waals surface area contributed by atoms with Gasteiger partial charge in [-0.15, -0.1) is 0 Å². The Bertz CT molecular complexity index is 674. The van der Waals surface area contributed by atoms with Gasteiger partial charge in [0, 0.05) is 0 Å². The van der Waals surface area contributed by atoms with Crippen molar-refractivity contribution in [2.45, 2.75) is 58.6 Å². The number of aliphatic hydroxyl groups is 1. The quantitative estimate of drug-likeness (QED) is 0.531. The maximum atomic E-state index is 10.6. The Labute approximate surface area is 166 Å². The average molecular weight is 383 g/mol. The molecule has 1 N–H and O–H groups in total. The normalized spacial score (nSPS) is 13.3. The van der Waals surface area contributed by atoms with Crippen LogP contribution in [0.1, 0.15) is 47.5 Å². The number of hydrogen-bond acceptors (Lipinski definition) is 2. The van der Waals surface area contributed by atoms with Crippen LogP contribution in [0, 0.1) is 0 Å². The summed E-state index contributed by atoms with van der Waals surface area (Å²) in [6.45, 7) is 11.3. The van der Waals surface area contributed by atoms with Crippen LogP contribution in [0.2, 0.25) is 5.04 Å². The van der Waals surface area contributed by atoms with E-state index in [0.29, 0.717) is 6.61 Å². The Morgan fingerprint density at radius 1 is 0.963 bits per heavy atom. The molecule has 146 valence electrons. The van der Waals surface area contributed by atoms with Crippen molar-refractivity contribution >= 4 is 18.7 Å². The van der Waals surface area contributed by atoms with E-state index in [-0.39, 0.29) is 5.04 Å². The molecule has 2 nitrogen and oxygen atoms in total. The zero-order valence-corrected chi connectivity index (χ0v) is 18.4. The van der Waals surface area contributed by atoms with E-state index in [9.17, 15) is 5.11 Å². The van der Waals surface area contributed by atoms with Crippen LogP contribution in [0.5, 0.6) is 0 Å². The van der Waals surface area contributed by atoms with Crippen molar-refractivity contribution in [3.8, 4) is 0 Å². The molecule has 0 aliphatic rings. The summed E-state index contributed by atoms with van der Waals surface area (Å²) in [4.78, 5) is 0. The van der Waals surface area contributed by atoms with Crippen molar-refractivity contribution < 1.29 is 9.53 Å².